The number of anilines is 1. The molecule has 42 heavy (non-hydrogen) atoms. The Morgan fingerprint density at radius 1 is 0.905 bits per heavy atom. The second-order valence-corrected chi connectivity index (χ2v) is 12.5. The molecule has 3 fully saturated rings. The number of ether oxygens (including phenoxy) is 2. The van der Waals surface area contributed by atoms with E-state index >= 15 is 0 Å². The van der Waals surface area contributed by atoms with Crippen LogP contribution in [-0.4, -0.2) is 71.7 Å². The molecule has 0 atom stereocenters. The van der Waals surface area contributed by atoms with Crippen LogP contribution in [0.5, 0.6) is 0 Å². The molecule has 0 bridgehead atoms. The van der Waals surface area contributed by atoms with Crippen LogP contribution in [-0.2, 0) is 25.4 Å². The maximum absolute atomic E-state index is 13.2. The van der Waals surface area contributed by atoms with E-state index in [4.69, 9.17) is 26.1 Å². The Kier molecular flexibility index (Phi) is 8.54. The van der Waals surface area contributed by atoms with Crippen LogP contribution in [0, 0.1) is 0 Å². The van der Waals surface area contributed by atoms with Crippen LogP contribution in [0.1, 0.15) is 54.1 Å². The number of carbonyl (C=O) groups is 2. The van der Waals surface area contributed by atoms with E-state index in [1.54, 1.807) is 13.0 Å². The molecule has 8 nitrogen and oxygen atoms in total. The third-order valence-corrected chi connectivity index (χ3v) is 9.88. The van der Waals surface area contributed by atoms with Crippen molar-refractivity contribution in [3.05, 3.63) is 82.5 Å². The van der Waals surface area contributed by atoms with Gasteiger partial charge in [-0.2, -0.15) is 0 Å². The number of likely N-dealkylation sites (tertiary alicyclic amines) is 1. The summed E-state index contributed by atoms with van der Waals surface area (Å²) in [6.07, 6.45) is 2.83. The number of ketones is 1. The van der Waals surface area contributed by atoms with Crippen LogP contribution in [0.2, 0.25) is 5.15 Å². The number of hydrogen-bond donors (Lipinski definition) is 0. The van der Waals surface area contributed by atoms with E-state index in [-0.39, 0.29) is 11.7 Å². The van der Waals surface area contributed by atoms with Crippen LogP contribution in [0.25, 0.3) is 0 Å². The van der Waals surface area contributed by atoms with Crippen LogP contribution in [0.4, 0.5) is 5.82 Å². The second kappa shape index (κ2) is 12.3. The Bertz CT molecular complexity index is 1430. The van der Waals surface area contributed by atoms with Gasteiger partial charge in [-0.05, 0) is 43.0 Å². The monoisotopic (exact) mass is 606 g/mol. The number of aromatic nitrogens is 2. The summed E-state index contributed by atoms with van der Waals surface area (Å²) in [4.78, 5) is 39.4. The van der Waals surface area contributed by atoms with Gasteiger partial charge in [0, 0.05) is 56.4 Å². The smallest absolute Gasteiger partial charge is 0.253 e. The normalized spacial score (nSPS) is 19.7. The zero-order valence-corrected chi connectivity index (χ0v) is 25.3. The first kappa shape index (κ1) is 29.1. The highest BCUT2D eigenvalue weighted by Crippen LogP contribution is 2.38. The first-order chi connectivity index (χ1) is 20.4. The van der Waals surface area contributed by atoms with Gasteiger partial charge >= 0.3 is 0 Å². The fraction of sp³-hybridized carbons (Fsp3) is 0.438. The van der Waals surface area contributed by atoms with Gasteiger partial charge in [-0.25, -0.2) is 9.97 Å². The molecule has 220 valence electrons. The van der Waals surface area contributed by atoms with Crippen molar-refractivity contribution in [3.8, 4) is 0 Å². The molecule has 3 aliphatic heterocycles. The van der Waals surface area contributed by atoms with Crippen molar-refractivity contribution in [1.82, 2.24) is 14.9 Å². The van der Waals surface area contributed by atoms with Gasteiger partial charge in [0.05, 0.1) is 18.6 Å². The van der Waals surface area contributed by atoms with Crippen LogP contribution in [0.3, 0.4) is 0 Å². The van der Waals surface area contributed by atoms with Gasteiger partial charge in [-0.1, -0.05) is 65.8 Å². The number of piperidine rings is 2. The zero-order chi connectivity index (χ0) is 29.2. The molecule has 3 saturated heterocycles. The molecule has 0 N–H and O–H groups in total. The Morgan fingerprint density at radius 2 is 1.62 bits per heavy atom. The number of carbonyl (C=O) groups excluding carboxylic acids is 2. The number of benzene rings is 2. The molecule has 0 unspecified atom stereocenters. The van der Waals surface area contributed by atoms with Crippen molar-refractivity contribution in [2.75, 3.05) is 44.3 Å². The average molecular weight is 607 g/mol. The van der Waals surface area contributed by atoms with Crippen molar-refractivity contribution in [1.29, 1.82) is 0 Å². The second-order valence-electron chi connectivity index (χ2n) is 11.2. The van der Waals surface area contributed by atoms with Gasteiger partial charge in [0.2, 0.25) is 0 Å². The van der Waals surface area contributed by atoms with E-state index in [1.165, 1.54) is 11.8 Å². The maximum Gasteiger partial charge on any atom is 0.253 e. The molecule has 1 amide bonds. The van der Waals surface area contributed by atoms with Crippen molar-refractivity contribution in [2.45, 2.75) is 54.7 Å². The van der Waals surface area contributed by atoms with E-state index in [0.717, 1.165) is 29.8 Å². The number of nitrogens with zero attached hydrogens (tertiary/aromatic N) is 4. The predicted octanol–water partition coefficient (Wildman–Crippen LogP) is 5.53. The van der Waals surface area contributed by atoms with E-state index in [0.29, 0.717) is 73.9 Å². The summed E-state index contributed by atoms with van der Waals surface area (Å²) < 4.78 is 11.6. The molecule has 2 aromatic carbocycles. The summed E-state index contributed by atoms with van der Waals surface area (Å²) >= 11 is 7.93. The summed E-state index contributed by atoms with van der Waals surface area (Å²) in [6.45, 7) is 5.58. The fourth-order valence-electron chi connectivity index (χ4n) is 6.29. The van der Waals surface area contributed by atoms with Crippen LogP contribution >= 0.6 is 23.4 Å². The molecule has 1 aromatic heterocycles. The third kappa shape index (κ3) is 6.06. The van der Waals surface area contributed by atoms with Gasteiger partial charge in [0.15, 0.2) is 10.9 Å². The van der Waals surface area contributed by atoms with E-state index in [2.05, 4.69) is 22.0 Å². The molecule has 1 spiro atoms. The molecule has 6 rings (SSSR count). The highest BCUT2D eigenvalue weighted by atomic mass is 35.5. The van der Waals surface area contributed by atoms with E-state index < -0.39 is 11.2 Å². The number of rotatable bonds is 7. The minimum atomic E-state index is -0.502. The Balaban J connectivity index is 1.09. The lowest BCUT2D eigenvalue weighted by Crippen LogP contribution is -2.47. The number of hydrogen-bond acceptors (Lipinski definition) is 8. The minimum Gasteiger partial charge on any atom is -0.356 e. The summed E-state index contributed by atoms with van der Waals surface area (Å²) in [5.41, 5.74) is 2.29. The number of amides is 1. The lowest BCUT2D eigenvalue weighted by atomic mass is 9.70. The average Bonchev–Trinajstić information content (AvgIpc) is 3.48. The van der Waals surface area contributed by atoms with Crippen molar-refractivity contribution >= 4 is 40.9 Å². The topological polar surface area (TPSA) is 84.9 Å². The Labute approximate surface area is 255 Å². The Hall–Kier alpha value is -2.98. The highest BCUT2D eigenvalue weighted by molar-refractivity contribution is 7.98. The molecule has 3 aliphatic rings. The van der Waals surface area contributed by atoms with Gasteiger partial charge in [-0.3, -0.25) is 9.59 Å². The molecular formula is C32H35ClN4O4S. The quantitative estimate of drug-likeness (QED) is 0.197. The molecule has 10 heteroatoms. The van der Waals surface area contributed by atoms with Crippen molar-refractivity contribution in [2.24, 2.45) is 0 Å². The third-order valence-electron chi connectivity index (χ3n) is 8.77. The SMILES string of the molecule is CC(=O)C1(c2ccccc2)CCN(c2cc(Cl)nc(SCc3cccc(C(=O)N4CCC5(CC4)OCCO5)c3)n2)CC1. The molecule has 0 saturated carbocycles. The van der Waals surface area contributed by atoms with Crippen LogP contribution in [0.15, 0.2) is 65.8 Å². The molecule has 0 aliphatic carbocycles. The summed E-state index contributed by atoms with van der Waals surface area (Å²) in [5, 5.41) is 0.967. The summed E-state index contributed by atoms with van der Waals surface area (Å²) in [5.74, 6) is 1.10. The fourth-order valence-corrected chi connectivity index (χ4v) is 7.32. The molecule has 3 aromatic rings. The standard InChI is InChI=1S/C32H35ClN4O4S/c1-23(38)31(26-8-3-2-4-9-26)10-14-36(15-11-31)28-21-27(33)34-30(35-28)42-22-24-6-5-7-25(20-24)29(39)37-16-12-32(13-17-37)40-18-19-41-32/h2-9,20-21H,10-19,22H2,1H3. The highest BCUT2D eigenvalue weighted by Gasteiger charge is 2.42. The first-order valence-corrected chi connectivity index (χ1v) is 15.9. The predicted molar refractivity (Wildman–Crippen MR) is 163 cm³/mol. The maximum atomic E-state index is 13.2. The van der Waals surface area contributed by atoms with Gasteiger partial charge in [-0.15, -0.1) is 0 Å². The molecular weight excluding hydrogens is 572 g/mol. The van der Waals surface area contributed by atoms with Crippen molar-refractivity contribution in [3.63, 3.8) is 0 Å². The largest absolute Gasteiger partial charge is 0.356 e. The first-order valence-electron chi connectivity index (χ1n) is 14.5. The zero-order valence-electron chi connectivity index (χ0n) is 23.8. The van der Waals surface area contributed by atoms with E-state index in [1.807, 2.05) is 47.4 Å². The Morgan fingerprint density at radius 3 is 2.31 bits per heavy atom. The minimum absolute atomic E-state index is 0.0261. The van der Waals surface area contributed by atoms with Gasteiger partial charge < -0.3 is 19.3 Å². The lowest BCUT2D eigenvalue weighted by molar-refractivity contribution is -0.181. The van der Waals surface area contributed by atoms with Crippen LogP contribution < -0.4 is 4.90 Å². The lowest BCUT2D eigenvalue weighted by Gasteiger charge is -2.41. The van der Waals surface area contributed by atoms with E-state index in [9.17, 15) is 9.59 Å². The summed E-state index contributed by atoms with van der Waals surface area (Å²) in [7, 11) is 0. The molecule has 4 heterocycles. The number of halogens is 1. The van der Waals surface area contributed by atoms with Gasteiger partial charge in [0.25, 0.3) is 5.91 Å². The number of Topliss-reactive ketones (excluding diaryl/α,β-unsaturated/α-hetero) is 1. The van der Waals surface area contributed by atoms with Crippen molar-refractivity contribution < 1.29 is 19.1 Å². The number of thioether (sulfide) groups is 1. The molecule has 0 radical (unpaired) electrons. The summed E-state index contributed by atoms with van der Waals surface area (Å²) in [6, 6.07) is 19.6. The van der Waals surface area contributed by atoms with Gasteiger partial charge in [0.1, 0.15) is 16.8 Å².